The molecule has 0 aliphatic carbocycles. The Labute approximate surface area is 108 Å². The molecule has 1 saturated heterocycles. The summed E-state index contributed by atoms with van der Waals surface area (Å²) in [5, 5.41) is 12.0. The summed E-state index contributed by atoms with van der Waals surface area (Å²) in [6, 6.07) is 4.35. The number of likely N-dealkylation sites (N-methyl/N-ethyl adjacent to an activating group) is 1. The quantitative estimate of drug-likeness (QED) is 0.788. The first-order chi connectivity index (χ1) is 8.25. The van der Waals surface area contributed by atoms with Crippen molar-refractivity contribution in [3.05, 3.63) is 22.4 Å². The van der Waals surface area contributed by atoms with Crippen LogP contribution in [-0.4, -0.2) is 36.2 Å². The minimum Gasteiger partial charge on any atom is -0.391 e. The molecule has 0 radical (unpaired) electrons. The smallest absolute Gasteiger partial charge is 0.0707 e. The highest BCUT2D eigenvalue weighted by Gasteiger charge is 2.28. The van der Waals surface area contributed by atoms with Crippen LogP contribution in [0, 0.1) is 5.92 Å². The largest absolute Gasteiger partial charge is 0.391 e. The molecular formula is C14H23NOS. The van der Waals surface area contributed by atoms with E-state index in [1.165, 1.54) is 37.0 Å². The highest BCUT2D eigenvalue weighted by atomic mass is 32.1. The zero-order valence-corrected chi connectivity index (χ0v) is 11.5. The predicted octanol–water partition coefficient (Wildman–Crippen LogP) is 2.77. The maximum atomic E-state index is 9.83. The molecule has 1 aliphatic heterocycles. The molecule has 1 N–H and O–H groups in total. The Morgan fingerprint density at radius 3 is 2.88 bits per heavy atom. The summed E-state index contributed by atoms with van der Waals surface area (Å²) in [6.45, 7) is 1.94. The van der Waals surface area contributed by atoms with E-state index in [1.807, 2.05) is 11.3 Å². The number of rotatable bonds is 6. The number of β-amino-alcohol motifs (C(OH)–C–C–N with tert-alkyl or cyclic N) is 1. The molecule has 96 valence electrons. The molecule has 1 fully saturated rings. The lowest BCUT2D eigenvalue weighted by Gasteiger charge is -2.12. The average Bonchev–Trinajstić information content (AvgIpc) is 2.89. The van der Waals surface area contributed by atoms with Crippen LogP contribution >= 0.6 is 11.3 Å². The van der Waals surface area contributed by atoms with Crippen molar-refractivity contribution >= 4 is 11.3 Å². The third-order valence-corrected chi connectivity index (χ3v) is 4.60. The molecule has 2 heterocycles. The van der Waals surface area contributed by atoms with Gasteiger partial charge in [-0.3, -0.25) is 0 Å². The number of unbranched alkanes of at least 4 members (excludes halogenated alkanes) is 2. The lowest BCUT2D eigenvalue weighted by molar-refractivity contribution is 0.138. The van der Waals surface area contributed by atoms with E-state index in [9.17, 15) is 5.11 Å². The van der Waals surface area contributed by atoms with Gasteiger partial charge in [0.25, 0.3) is 0 Å². The number of aliphatic hydroxyl groups excluding tert-OH is 1. The van der Waals surface area contributed by atoms with E-state index in [0.717, 1.165) is 13.1 Å². The normalized spacial score (nSPS) is 25.5. The van der Waals surface area contributed by atoms with Crippen LogP contribution in [0.15, 0.2) is 17.5 Å². The molecule has 2 nitrogen and oxygen atoms in total. The average molecular weight is 253 g/mol. The van der Waals surface area contributed by atoms with Gasteiger partial charge in [-0.25, -0.2) is 0 Å². The number of nitrogens with zero attached hydrogens (tertiary/aromatic N) is 1. The van der Waals surface area contributed by atoms with Gasteiger partial charge in [-0.15, -0.1) is 11.3 Å². The van der Waals surface area contributed by atoms with E-state index in [1.54, 1.807) is 0 Å². The molecule has 2 atom stereocenters. The fourth-order valence-electron chi connectivity index (χ4n) is 2.69. The lowest BCUT2D eigenvalue weighted by Crippen LogP contribution is -2.17. The summed E-state index contributed by atoms with van der Waals surface area (Å²) in [5.74, 6) is 0.515. The van der Waals surface area contributed by atoms with Gasteiger partial charge >= 0.3 is 0 Å². The number of thiophene rings is 1. The van der Waals surface area contributed by atoms with E-state index >= 15 is 0 Å². The van der Waals surface area contributed by atoms with Gasteiger partial charge in [-0.1, -0.05) is 18.9 Å². The summed E-state index contributed by atoms with van der Waals surface area (Å²) in [6.07, 6.45) is 6.18. The van der Waals surface area contributed by atoms with Gasteiger partial charge in [0.2, 0.25) is 0 Å². The number of aliphatic hydroxyl groups is 1. The van der Waals surface area contributed by atoms with Gasteiger partial charge in [0.05, 0.1) is 6.10 Å². The molecule has 0 saturated carbocycles. The molecule has 3 heteroatoms. The van der Waals surface area contributed by atoms with Crippen molar-refractivity contribution < 1.29 is 5.11 Å². The van der Waals surface area contributed by atoms with Crippen LogP contribution in [0.5, 0.6) is 0 Å². The Kier molecular flexibility index (Phi) is 5.01. The second-order valence-electron chi connectivity index (χ2n) is 5.23. The maximum absolute atomic E-state index is 9.83. The highest BCUT2D eigenvalue weighted by Crippen LogP contribution is 2.22. The molecule has 0 amide bonds. The monoisotopic (exact) mass is 253 g/mol. The first-order valence-corrected chi connectivity index (χ1v) is 7.52. The van der Waals surface area contributed by atoms with Crippen molar-refractivity contribution in [1.29, 1.82) is 0 Å². The molecule has 0 unspecified atom stereocenters. The van der Waals surface area contributed by atoms with E-state index < -0.39 is 0 Å². The van der Waals surface area contributed by atoms with Crippen LogP contribution in [0.4, 0.5) is 0 Å². The van der Waals surface area contributed by atoms with Gasteiger partial charge in [0.15, 0.2) is 0 Å². The second kappa shape index (κ2) is 6.53. The zero-order valence-electron chi connectivity index (χ0n) is 10.6. The SMILES string of the molecule is CN1C[C@H](CCCCCc2cccs2)[C@H](O)C1. The van der Waals surface area contributed by atoms with Crippen LogP contribution in [0.25, 0.3) is 0 Å². The fraction of sp³-hybridized carbons (Fsp3) is 0.714. The van der Waals surface area contributed by atoms with Crippen molar-refractivity contribution in [1.82, 2.24) is 4.90 Å². The van der Waals surface area contributed by atoms with Crippen LogP contribution in [0.2, 0.25) is 0 Å². The molecule has 2 rings (SSSR count). The number of likely N-dealkylation sites (tertiary alicyclic amines) is 1. The Morgan fingerprint density at radius 2 is 2.24 bits per heavy atom. The summed E-state index contributed by atoms with van der Waals surface area (Å²) in [4.78, 5) is 3.74. The number of hydrogen-bond donors (Lipinski definition) is 1. The summed E-state index contributed by atoms with van der Waals surface area (Å²) in [7, 11) is 2.10. The van der Waals surface area contributed by atoms with Crippen molar-refractivity contribution in [3.63, 3.8) is 0 Å². The number of hydrogen-bond acceptors (Lipinski definition) is 3. The van der Waals surface area contributed by atoms with Gasteiger partial charge in [-0.2, -0.15) is 0 Å². The molecule has 0 aromatic carbocycles. The highest BCUT2D eigenvalue weighted by molar-refractivity contribution is 7.09. The van der Waals surface area contributed by atoms with Crippen molar-refractivity contribution in [2.24, 2.45) is 5.92 Å². The number of aryl methyl sites for hydroxylation is 1. The third kappa shape index (κ3) is 4.09. The van der Waals surface area contributed by atoms with Crippen molar-refractivity contribution in [2.45, 2.75) is 38.2 Å². The predicted molar refractivity (Wildman–Crippen MR) is 73.5 cm³/mol. The van der Waals surface area contributed by atoms with Gasteiger partial charge < -0.3 is 10.0 Å². The minimum absolute atomic E-state index is 0.0858. The van der Waals surface area contributed by atoms with E-state index in [2.05, 4.69) is 29.5 Å². The van der Waals surface area contributed by atoms with Gasteiger partial charge in [0.1, 0.15) is 0 Å². The Bertz CT molecular complexity index is 312. The Balaban J connectivity index is 1.54. The van der Waals surface area contributed by atoms with E-state index in [-0.39, 0.29) is 6.10 Å². The summed E-state index contributed by atoms with van der Waals surface area (Å²) < 4.78 is 0. The fourth-order valence-corrected chi connectivity index (χ4v) is 3.44. The van der Waals surface area contributed by atoms with Crippen molar-refractivity contribution in [3.8, 4) is 0 Å². The molecule has 17 heavy (non-hydrogen) atoms. The van der Waals surface area contributed by atoms with Gasteiger partial charge in [0, 0.05) is 18.0 Å². The standard InChI is InChI=1S/C14H23NOS/c1-15-10-12(14(16)11-15)6-3-2-4-7-13-8-5-9-17-13/h5,8-9,12,14,16H,2-4,6-7,10-11H2,1H3/t12-,14+/m0/s1. The molecule has 1 aromatic heterocycles. The minimum atomic E-state index is -0.0858. The molecule has 1 aromatic rings. The molecular weight excluding hydrogens is 230 g/mol. The Morgan fingerprint density at radius 1 is 1.35 bits per heavy atom. The Hall–Kier alpha value is -0.380. The second-order valence-corrected chi connectivity index (χ2v) is 6.26. The third-order valence-electron chi connectivity index (χ3n) is 3.67. The zero-order chi connectivity index (χ0) is 12.1. The molecule has 0 spiro atoms. The first kappa shape index (κ1) is 13.1. The van der Waals surface area contributed by atoms with Gasteiger partial charge in [-0.05, 0) is 43.7 Å². The van der Waals surface area contributed by atoms with Crippen LogP contribution < -0.4 is 0 Å². The first-order valence-electron chi connectivity index (χ1n) is 6.64. The summed E-state index contributed by atoms with van der Waals surface area (Å²) in [5.41, 5.74) is 0. The van der Waals surface area contributed by atoms with Crippen LogP contribution in [0.3, 0.4) is 0 Å². The molecule has 0 bridgehead atoms. The van der Waals surface area contributed by atoms with E-state index in [0.29, 0.717) is 5.92 Å². The van der Waals surface area contributed by atoms with Crippen LogP contribution in [0.1, 0.15) is 30.6 Å². The lowest BCUT2D eigenvalue weighted by atomic mass is 9.98. The molecule has 1 aliphatic rings. The van der Waals surface area contributed by atoms with E-state index in [4.69, 9.17) is 0 Å². The van der Waals surface area contributed by atoms with Crippen molar-refractivity contribution in [2.75, 3.05) is 20.1 Å². The summed E-state index contributed by atoms with van der Waals surface area (Å²) >= 11 is 1.86. The maximum Gasteiger partial charge on any atom is 0.0707 e. The van der Waals surface area contributed by atoms with Crippen LogP contribution in [-0.2, 0) is 6.42 Å². The topological polar surface area (TPSA) is 23.5 Å².